The van der Waals surface area contributed by atoms with Crippen molar-refractivity contribution >= 4 is 5.82 Å². The van der Waals surface area contributed by atoms with Gasteiger partial charge in [-0.05, 0) is 44.0 Å². The second-order valence-electron chi connectivity index (χ2n) is 9.82. The zero-order valence-corrected chi connectivity index (χ0v) is 21.3. The van der Waals surface area contributed by atoms with Crippen LogP contribution >= 0.6 is 0 Å². The predicted octanol–water partition coefficient (Wildman–Crippen LogP) is 4.87. The molecule has 0 amide bonds. The van der Waals surface area contributed by atoms with E-state index < -0.39 is 46.2 Å². The summed E-state index contributed by atoms with van der Waals surface area (Å²) in [6.07, 6.45) is -3.47. The number of pyridine rings is 1. The number of benzene rings is 1. The molecule has 8 nitrogen and oxygen atoms in total. The lowest BCUT2D eigenvalue weighted by Crippen LogP contribution is -2.56. The third-order valence-corrected chi connectivity index (χ3v) is 6.77. The molecule has 0 bridgehead atoms. The Hall–Kier alpha value is -3.74. The quantitative estimate of drug-likeness (QED) is 0.404. The Morgan fingerprint density at radius 1 is 1.21 bits per heavy atom. The number of fused-ring (bicyclic) bond motifs is 3. The van der Waals surface area contributed by atoms with Crippen LogP contribution < -0.4 is 20.1 Å². The van der Waals surface area contributed by atoms with Crippen molar-refractivity contribution in [1.29, 1.82) is 0 Å². The van der Waals surface area contributed by atoms with Gasteiger partial charge in [0.1, 0.15) is 23.9 Å². The Bertz CT molecular complexity index is 1450. The fourth-order valence-corrected chi connectivity index (χ4v) is 4.88. The fraction of sp³-hybridized carbons (Fsp3) is 0.423. The number of morpholine rings is 1. The van der Waals surface area contributed by atoms with Crippen molar-refractivity contribution in [2.45, 2.75) is 58.2 Å². The highest BCUT2D eigenvalue weighted by Crippen LogP contribution is 2.40. The number of hydrogen-bond donors (Lipinski definition) is 0. The lowest BCUT2D eigenvalue weighted by molar-refractivity contribution is -0.141. The first-order valence-corrected chi connectivity index (χ1v) is 12.2. The molecule has 2 aliphatic heterocycles. The zero-order valence-electron chi connectivity index (χ0n) is 21.3. The molecule has 3 aromatic rings. The molecule has 4 heterocycles. The van der Waals surface area contributed by atoms with Crippen molar-refractivity contribution in [2.75, 3.05) is 18.1 Å². The van der Waals surface area contributed by atoms with Crippen LogP contribution in [0.4, 0.5) is 27.8 Å². The molecule has 0 radical (unpaired) electrons. The highest BCUT2D eigenvalue weighted by atomic mass is 19.4. The molecule has 2 atom stereocenters. The molecule has 208 valence electrons. The normalized spacial score (nSPS) is 20.5. The van der Waals surface area contributed by atoms with Crippen LogP contribution in [0.15, 0.2) is 35.3 Å². The molecule has 1 fully saturated rings. The minimum absolute atomic E-state index is 0.0409. The van der Waals surface area contributed by atoms with Gasteiger partial charge in [-0.3, -0.25) is 9.55 Å². The highest BCUT2D eigenvalue weighted by molar-refractivity contribution is 5.58. The molecule has 1 saturated heterocycles. The summed E-state index contributed by atoms with van der Waals surface area (Å²) in [6.45, 7) is 6.96. The summed E-state index contributed by atoms with van der Waals surface area (Å²) >= 11 is 0. The SMILES string of the molecule is CCc1c(OCc2cc(F)c(Oc3ccnc(C(F)(F)F)c3)c(F)c2)nc(=O)n2c1N1C[C@H](C)OC[C@@]1(C)C2. The molecule has 0 saturated carbocycles. The number of anilines is 1. The molecule has 2 aromatic heterocycles. The van der Waals surface area contributed by atoms with Crippen LogP contribution in [-0.2, 0) is 30.5 Å². The van der Waals surface area contributed by atoms with Crippen molar-refractivity contribution < 1.29 is 36.2 Å². The fourth-order valence-electron chi connectivity index (χ4n) is 4.88. The van der Waals surface area contributed by atoms with E-state index in [9.17, 15) is 26.7 Å². The number of aromatic nitrogens is 3. The molecule has 2 aliphatic rings. The molecule has 0 aliphatic carbocycles. The monoisotopic (exact) mass is 552 g/mol. The molecule has 1 aromatic carbocycles. The average molecular weight is 553 g/mol. The summed E-state index contributed by atoms with van der Waals surface area (Å²) in [5.74, 6) is -2.83. The van der Waals surface area contributed by atoms with Crippen molar-refractivity contribution in [3.8, 4) is 17.4 Å². The first kappa shape index (κ1) is 26.9. The van der Waals surface area contributed by atoms with E-state index in [0.29, 0.717) is 43.6 Å². The first-order chi connectivity index (χ1) is 18.4. The van der Waals surface area contributed by atoms with Crippen molar-refractivity contribution in [3.05, 3.63) is 69.4 Å². The minimum atomic E-state index is -4.75. The molecular formula is C26H25F5N4O4. The van der Waals surface area contributed by atoms with Crippen molar-refractivity contribution in [2.24, 2.45) is 0 Å². The van der Waals surface area contributed by atoms with E-state index in [1.54, 1.807) is 4.57 Å². The summed E-state index contributed by atoms with van der Waals surface area (Å²) in [7, 11) is 0. The van der Waals surface area contributed by atoms with E-state index in [1.165, 1.54) is 0 Å². The lowest BCUT2D eigenvalue weighted by atomic mass is 10.00. The Kier molecular flexibility index (Phi) is 6.73. The van der Waals surface area contributed by atoms with Gasteiger partial charge in [0.15, 0.2) is 17.4 Å². The minimum Gasteiger partial charge on any atom is -0.472 e. The van der Waals surface area contributed by atoms with Crippen LogP contribution in [-0.4, -0.2) is 39.3 Å². The van der Waals surface area contributed by atoms with Crippen LogP contribution in [0.5, 0.6) is 17.4 Å². The maximum absolute atomic E-state index is 14.8. The second kappa shape index (κ2) is 9.78. The van der Waals surface area contributed by atoms with E-state index in [-0.39, 0.29) is 24.2 Å². The van der Waals surface area contributed by atoms with E-state index >= 15 is 0 Å². The van der Waals surface area contributed by atoms with Gasteiger partial charge in [0, 0.05) is 18.8 Å². The van der Waals surface area contributed by atoms with E-state index in [2.05, 4.69) is 14.9 Å². The highest BCUT2D eigenvalue weighted by Gasteiger charge is 2.46. The van der Waals surface area contributed by atoms with Crippen LogP contribution in [0.2, 0.25) is 0 Å². The smallest absolute Gasteiger partial charge is 0.433 e. The number of alkyl halides is 3. The zero-order chi connectivity index (χ0) is 28.1. The maximum Gasteiger partial charge on any atom is 0.433 e. The third-order valence-electron chi connectivity index (χ3n) is 6.77. The van der Waals surface area contributed by atoms with Crippen LogP contribution in [0.1, 0.15) is 37.6 Å². The number of halogens is 5. The standard InChI is InChI=1S/C26H25F5N4O4/c1-4-17-22(33-24(36)34-12-25(3)13-38-14(2)10-35(25)23(17)34)37-11-15-7-18(27)21(19(28)8-15)39-16-5-6-32-20(9-16)26(29,30)31/h5-9,14H,4,10-13H2,1-3H3/t14-,25+/m0/s1. The van der Waals surface area contributed by atoms with Gasteiger partial charge in [-0.15, -0.1) is 0 Å². The Balaban J connectivity index is 1.39. The largest absolute Gasteiger partial charge is 0.472 e. The van der Waals surface area contributed by atoms with Gasteiger partial charge in [0.2, 0.25) is 5.88 Å². The molecule has 0 spiro atoms. The first-order valence-electron chi connectivity index (χ1n) is 12.2. The summed E-state index contributed by atoms with van der Waals surface area (Å²) in [6, 6.07) is 3.48. The van der Waals surface area contributed by atoms with E-state index in [4.69, 9.17) is 14.2 Å². The molecule has 13 heteroatoms. The molecule has 39 heavy (non-hydrogen) atoms. The number of nitrogens with zero attached hydrogens (tertiary/aromatic N) is 4. The molecule has 0 N–H and O–H groups in total. The molecule has 5 rings (SSSR count). The van der Waals surface area contributed by atoms with Gasteiger partial charge in [0.25, 0.3) is 0 Å². The van der Waals surface area contributed by atoms with Crippen molar-refractivity contribution in [1.82, 2.24) is 14.5 Å². The van der Waals surface area contributed by atoms with Gasteiger partial charge >= 0.3 is 11.9 Å². The van der Waals surface area contributed by atoms with E-state index in [1.807, 2.05) is 20.8 Å². The van der Waals surface area contributed by atoms with Crippen LogP contribution in [0.25, 0.3) is 0 Å². The second-order valence-corrected chi connectivity index (χ2v) is 9.82. The van der Waals surface area contributed by atoms with Crippen LogP contribution in [0, 0.1) is 11.6 Å². The lowest BCUT2D eigenvalue weighted by Gasteiger charge is -2.42. The third kappa shape index (κ3) is 5.02. The van der Waals surface area contributed by atoms with Crippen molar-refractivity contribution in [3.63, 3.8) is 0 Å². The Labute approximate surface area is 220 Å². The molecule has 0 unspecified atom stereocenters. The summed E-state index contributed by atoms with van der Waals surface area (Å²) in [5, 5.41) is 0. The summed E-state index contributed by atoms with van der Waals surface area (Å²) in [4.78, 5) is 22.3. The van der Waals surface area contributed by atoms with Gasteiger partial charge in [0.05, 0.1) is 30.4 Å². The van der Waals surface area contributed by atoms with Gasteiger partial charge in [-0.25, -0.2) is 13.6 Å². The number of hydrogen-bond acceptors (Lipinski definition) is 7. The topological polar surface area (TPSA) is 78.7 Å². The maximum atomic E-state index is 14.8. The van der Waals surface area contributed by atoms with E-state index in [0.717, 1.165) is 24.4 Å². The van der Waals surface area contributed by atoms with Gasteiger partial charge in [-0.2, -0.15) is 18.2 Å². The Morgan fingerprint density at radius 2 is 1.92 bits per heavy atom. The average Bonchev–Trinajstić information content (AvgIpc) is 3.18. The number of ether oxygens (including phenoxy) is 3. The number of rotatable bonds is 6. The van der Waals surface area contributed by atoms with Gasteiger partial charge in [-0.1, -0.05) is 6.92 Å². The summed E-state index contributed by atoms with van der Waals surface area (Å²) < 4.78 is 86.5. The van der Waals surface area contributed by atoms with Gasteiger partial charge < -0.3 is 19.1 Å². The predicted molar refractivity (Wildman–Crippen MR) is 129 cm³/mol. The molecular weight excluding hydrogens is 527 g/mol. The Morgan fingerprint density at radius 3 is 2.59 bits per heavy atom. The summed E-state index contributed by atoms with van der Waals surface area (Å²) in [5.41, 5.74) is -1.43. The van der Waals surface area contributed by atoms with Crippen LogP contribution in [0.3, 0.4) is 0 Å².